The van der Waals surface area contributed by atoms with Crippen LogP contribution in [-0.2, 0) is 16.4 Å². The van der Waals surface area contributed by atoms with Gasteiger partial charge in [-0.25, -0.2) is 27.8 Å². The lowest BCUT2D eigenvalue weighted by Crippen LogP contribution is -2.16. The first kappa shape index (κ1) is 16.3. The maximum Gasteiger partial charge on any atom is 0.262 e. The van der Waals surface area contributed by atoms with Crippen LogP contribution in [0.2, 0.25) is 5.15 Å². The van der Waals surface area contributed by atoms with Crippen molar-refractivity contribution in [1.82, 2.24) is 19.9 Å². The Morgan fingerprint density at radius 2 is 2.17 bits per heavy atom. The molecule has 0 fully saturated rings. The van der Waals surface area contributed by atoms with Crippen LogP contribution in [0.15, 0.2) is 27.0 Å². The summed E-state index contributed by atoms with van der Waals surface area (Å²) in [5.41, 5.74) is -1.27. The van der Waals surface area contributed by atoms with E-state index in [2.05, 4.69) is 25.3 Å². The van der Waals surface area contributed by atoms with Gasteiger partial charge in [0.1, 0.15) is 27.6 Å². The first-order valence-electron chi connectivity index (χ1n) is 6.37. The summed E-state index contributed by atoms with van der Waals surface area (Å²) >= 11 is 5.59. The molecule has 0 amide bonds. The van der Waals surface area contributed by atoms with Gasteiger partial charge in [0.05, 0.1) is 12.7 Å². The number of anilines is 1. The van der Waals surface area contributed by atoms with E-state index in [-0.39, 0.29) is 17.7 Å². The van der Waals surface area contributed by atoms with Crippen molar-refractivity contribution in [1.29, 1.82) is 0 Å². The molecule has 3 aromatic rings. The molecular weight excluding hydrogens is 365 g/mol. The molecule has 126 valence electrons. The molecular formula is C12H9ClFN5O4S. The second-order valence-corrected chi connectivity index (χ2v) is 7.04. The molecule has 3 aromatic heterocycles. The number of H-pyrrole nitrogens is 1. The molecule has 0 saturated carbocycles. The number of nitrogens with zero attached hydrogens (tertiary/aromatic N) is 3. The van der Waals surface area contributed by atoms with Gasteiger partial charge in [-0.3, -0.25) is 4.79 Å². The fraction of sp³-hybridized carbons (Fsp3) is 0.167. The number of aromatic nitrogens is 4. The molecule has 24 heavy (non-hydrogen) atoms. The molecule has 0 aromatic carbocycles. The number of aromatic amines is 1. The Kier molecular flexibility index (Phi) is 3.97. The minimum Gasteiger partial charge on any atom is -0.447 e. The Morgan fingerprint density at radius 3 is 2.79 bits per heavy atom. The van der Waals surface area contributed by atoms with E-state index in [1.807, 2.05) is 0 Å². The average Bonchev–Trinajstić information content (AvgIpc) is 3.02. The Morgan fingerprint density at radius 1 is 1.42 bits per heavy atom. The SMILES string of the molecule is CS(=O)(=O)c1nc(NCc2cnco2)c2c(=O)[nH]c(Cl)c(F)c2n1. The van der Waals surface area contributed by atoms with Crippen molar-refractivity contribution in [3.8, 4) is 0 Å². The Bertz CT molecular complexity index is 1080. The van der Waals surface area contributed by atoms with E-state index in [4.69, 9.17) is 16.0 Å². The van der Waals surface area contributed by atoms with Gasteiger partial charge in [0.25, 0.3) is 5.56 Å². The summed E-state index contributed by atoms with van der Waals surface area (Å²) in [6.45, 7) is 0.0407. The molecule has 12 heteroatoms. The smallest absolute Gasteiger partial charge is 0.262 e. The molecule has 0 saturated heterocycles. The van der Waals surface area contributed by atoms with Gasteiger partial charge in [-0.1, -0.05) is 11.6 Å². The highest BCUT2D eigenvalue weighted by Gasteiger charge is 2.21. The normalized spacial score (nSPS) is 11.8. The van der Waals surface area contributed by atoms with E-state index in [0.29, 0.717) is 5.76 Å². The number of nitrogens with one attached hydrogen (secondary N) is 2. The lowest BCUT2D eigenvalue weighted by atomic mass is 10.3. The van der Waals surface area contributed by atoms with Crippen molar-refractivity contribution < 1.29 is 17.2 Å². The van der Waals surface area contributed by atoms with E-state index < -0.39 is 37.0 Å². The lowest BCUT2D eigenvalue weighted by Gasteiger charge is -2.09. The van der Waals surface area contributed by atoms with Crippen LogP contribution >= 0.6 is 11.6 Å². The van der Waals surface area contributed by atoms with Gasteiger partial charge in [0.15, 0.2) is 12.2 Å². The van der Waals surface area contributed by atoms with Crippen LogP contribution in [0.4, 0.5) is 10.2 Å². The summed E-state index contributed by atoms with van der Waals surface area (Å²) < 4.78 is 42.7. The van der Waals surface area contributed by atoms with Crippen LogP contribution in [-0.4, -0.2) is 34.6 Å². The number of rotatable bonds is 4. The van der Waals surface area contributed by atoms with Gasteiger partial charge in [-0.2, -0.15) is 0 Å². The number of sulfone groups is 1. The molecule has 0 unspecified atom stereocenters. The molecule has 0 atom stereocenters. The van der Waals surface area contributed by atoms with E-state index in [1.165, 1.54) is 12.6 Å². The minimum absolute atomic E-state index is 0.0407. The van der Waals surface area contributed by atoms with Gasteiger partial charge in [0, 0.05) is 6.26 Å². The minimum atomic E-state index is -3.85. The summed E-state index contributed by atoms with van der Waals surface area (Å²) in [7, 11) is -3.85. The summed E-state index contributed by atoms with van der Waals surface area (Å²) in [5.74, 6) is -0.830. The fourth-order valence-electron chi connectivity index (χ4n) is 1.93. The number of pyridine rings is 1. The van der Waals surface area contributed by atoms with Crippen LogP contribution in [0.25, 0.3) is 10.9 Å². The Labute approximate surface area is 138 Å². The van der Waals surface area contributed by atoms with Gasteiger partial charge in [-0.15, -0.1) is 0 Å². The van der Waals surface area contributed by atoms with Crippen molar-refractivity contribution in [2.45, 2.75) is 11.7 Å². The first-order chi connectivity index (χ1) is 11.3. The fourth-order valence-corrected chi connectivity index (χ4v) is 2.62. The van der Waals surface area contributed by atoms with Crippen LogP contribution in [0.5, 0.6) is 0 Å². The van der Waals surface area contributed by atoms with Gasteiger partial charge in [0.2, 0.25) is 15.0 Å². The third kappa shape index (κ3) is 2.95. The highest BCUT2D eigenvalue weighted by molar-refractivity contribution is 7.90. The van der Waals surface area contributed by atoms with E-state index in [1.54, 1.807) is 0 Å². The van der Waals surface area contributed by atoms with Crippen molar-refractivity contribution in [3.63, 3.8) is 0 Å². The standard InChI is InChI=1S/C12H9ClFN5O4S/c1-24(21,22)12-17-8-6(11(20)18-9(13)7(8)14)10(19-12)16-3-5-2-15-4-23-5/h2,4H,3H2,1H3,(H,18,20)(H,16,17,19). The Balaban J connectivity index is 2.25. The van der Waals surface area contributed by atoms with Gasteiger partial charge in [-0.05, 0) is 0 Å². The highest BCUT2D eigenvalue weighted by atomic mass is 35.5. The third-order valence-corrected chi connectivity index (χ3v) is 4.09. The quantitative estimate of drug-likeness (QED) is 0.513. The van der Waals surface area contributed by atoms with Crippen LogP contribution in [0.3, 0.4) is 0 Å². The molecule has 9 nitrogen and oxygen atoms in total. The summed E-state index contributed by atoms with van der Waals surface area (Å²) in [6.07, 6.45) is 3.47. The molecule has 0 spiro atoms. The zero-order chi connectivity index (χ0) is 17.5. The zero-order valence-corrected chi connectivity index (χ0v) is 13.6. The molecule has 0 bridgehead atoms. The molecule has 2 N–H and O–H groups in total. The molecule has 0 aliphatic rings. The summed E-state index contributed by atoms with van der Waals surface area (Å²) in [4.78, 5) is 25.3. The number of halogens is 2. The van der Waals surface area contributed by atoms with Crippen molar-refractivity contribution >= 4 is 38.2 Å². The van der Waals surface area contributed by atoms with Crippen LogP contribution in [0.1, 0.15) is 5.76 Å². The second-order valence-electron chi connectivity index (χ2n) is 4.75. The number of hydrogen-bond donors (Lipinski definition) is 2. The molecule has 3 heterocycles. The molecule has 3 rings (SSSR count). The van der Waals surface area contributed by atoms with Crippen molar-refractivity contribution in [3.05, 3.63) is 39.7 Å². The molecule has 0 aliphatic heterocycles. The third-order valence-electron chi connectivity index (χ3n) is 2.98. The number of fused-ring (bicyclic) bond motifs is 1. The maximum absolute atomic E-state index is 14.2. The van der Waals surface area contributed by atoms with Gasteiger partial charge < -0.3 is 14.7 Å². The Hall–Kier alpha value is -2.53. The summed E-state index contributed by atoms with van der Waals surface area (Å²) in [6, 6.07) is 0. The highest BCUT2D eigenvalue weighted by Crippen LogP contribution is 2.24. The van der Waals surface area contributed by atoms with Crippen molar-refractivity contribution in [2.24, 2.45) is 0 Å². The van der Waals surface area contributed by atoms with Crippen LogP contribution < -0.4 is 10.9 Å². The predicted octanol–water partition coefficient (Wildman–Crippen LogP) is 1.11. The number of hydrogen-bond acceptors (Lipinski definition) is 8. The molecule has 0 aliphatic carbocycles. The van der Waals surface area contributed by atoms with E-state index in [0.717, 1.165) is 6.26 Å². The van der Waals surface area contributed by atoms with Gasteiger partial charge >= 0.3 is 0 Å². The van der Waals surface area contributed by atoms with Crippen LogP contribution in [0, 0.1) is 5.82 Å². The van der Waals surface area contributed by atoms with Crippen molar-refractivity contribution in [2.75, 3.05) is 11.6 Å². The number of oxazole rings is 1. The van der Waals surface area contributed by atoms with E-state index in [9.17, 15) is 17.6 Å². The predicted molar refractivity (Wildman–Crippen MR) is 82.1 cm³/mol. The zero-order valence-electron chi connectivity index (χ0n) is 12.0. The van der Waals surface area contributed by atoms with E-state index >= 15 is 0 Å². The molecule has 0 radical (unpaired) electrons. The topological polar surface area (TPSA) is 131 Å². The summed E-state index contributed by atoms with van der Waals surface area (Å²) in [5, 5.41) is 1.23. The largest absolute Gasteiger partial charge is 0.447 e. The monoisotopic (exact) mass is 373 g/mol. The first-order valence-corrected chi connectivity index (χ1v) is 8.64. The lowest BCUT2D eigenvalue weighted by molar-refractivity contribution is 0.511. The maximum atomic E-state index is 14.2. The second kappa shape index (κ2) is 5.83. The average molecular weight is 374 g/mol.